The fraction of sp³-hybridized carbons (Fsp3) is 0.245. The Hall–Kier alpha value is -7.59. The van der Waals surface area contributed by atoms with Crippen molar-refractivity contribution in [2.45, 2.75) is 53.4 Å². The summed E-state index contributed by atoms with van der Waals surface area (Å²) in [5.41, 5.74) is 9.57. The SMILES string of the molecule is Cc1cc(N=Nc2ccc(NC(=O)Nc3ccc(N=Nc4ccc(N=Nc5ccc(OCCCCS(=O)(=O)O)cc5)c(C)c4)c(C)c3)cc2C)ccc1N=Nc1ccc(OCCCCS(=O)(=O)O)cc1. The molecule has 6 aromatic rings. The topological polar surface area (TPSA) is 267 Å². The van der Waals surface area contributed by atoms with E-state index in [9.17, 15) is 21.6 Å². The molecule has 0 unspecified atom stereocenters. The van der Waals surface area contributed by atoms with E-state index in [1.165, 1.54) is 0 Å². The number of anilines is 2. The molecule has 0 saturated carbocycles. The van der Waals surface area contributed by atoms with Crippen LogP contribution in [0.5, 0.6) is 11.5 Å². The second kappa shape index (κ2) is 24.6. The van der Waals surface area contributed by atoms with Crippen molar-refractivity contribution in [2.24, 2.45) is 40.9 Å². The van der Waals surface area contributed by atoms with Gasteiger partial charge >= 0.3 is 6.03 Å². The normalized spacial score (nSPS) is 12.1. The first-order valence-electron chi connectivity index (χ1n) is 22.0. The molecule has 21 heteroatoms. The lowest BCUT2D eigenvalue weighted by Gasteiger charge is -2.10. The zero-order valence-corrected chi connectivity index (χ0v) is 40.5. The van der Waals surface area contributed by atoms with Crippen LogP contribution in [0.1, 0.15) is 47.9 Å². The van der Waals surface area contributed by atoms with Gasteiger partial charge in [0, 0.05) is 11.4 Å². The third-order valence-electron chi connectivity index (χ3n) is 10.2. The number of urea groups is 1. The molecule has 19 nitrogen and oxygen atoms in total. The summed E-state index contributed by atoms with van der Waals surface area (Å²) in [6, 6.07) is 35.2. The van der Waals surface area contributed by atoms with Crippen LogP contribution in [-0.4, -0.2) is 56.7 Å². The molecular formula is C49H52N10O9S2. The number of azo groups is 4. The highest BCUT2D eigenvalue weighted by Gasteiger charge is 2.09. The quantitative estimate of drug-likeness (QED) is 0.0286. The van der Waals surface area contributed by atoms with E-state index in [0.29, 0.717) is 107 Å². The molecule has 0 aliphatic carbocycles. The number of amides is 2. The second-order valence-corrected chi connectivity index (χ2v) is 19.1. The Kier molecular flexibility index (Phi) is 18.2. The summed E-state index contributed by atoms with van der Waals surface area (Å²) in [7, 11) is -7.93. The van der Waals surface area contributed by atoms with E-state index in [-0.39, 0.29) is 11.5 Å². The van der Waals surface area contributed by atoms with Crippen LogP contribution < -0.4 is 20.1 Å². The predicted octanol–water partition coefficient (Wildman–Crippen LogP) is 14.3. The van der Waals surface area contributed by atoms with Gasteiger partial charge in [0.15, 0.2) is 0 Å². The first-order chi connectivity index (χ1) is 33.4. The maximum absolute atomic E-state index is 13.0. The molecule has 0 spiro atoms. The number of nitrogens with zero attached hydrogens (tertiary/aromatic N) is 8. The van der Waals surface area contributed by atoms with Gasteiger partial charge in [-0.1, -0.05) is 0 Å². The molecule has 70 heavy (non-hydrogen) atoms. The van der Waals surface area contributed by atoms with Gasteiger partial charge < -0.3 is 20.1 Å². The number of hydrogen-bond donors (Lipinski definition) is 4. The molecule has 0 heterocycles. The molecule has 0 bridgehead atoms. The van der Waals surface area contributed by atoms with Crippen molar-refractivity contribution in [1.29, 1.82) is 0 Å². The maximum atomic E-state index is 13.0. The van der Waals surface area contributed by atoms with Crippen molar-refractivity contribution < 1.29 is 40.2 Å². The smallest absolute Gasteiger partial charge is 0.323 e. The molecule has 0 radical (unpaired) electrons. The number of hydrogen-bond acceptors (Lipinski definition) is 15. The molecule has 6 rings (SSSR count). The highest BCUT2D eigenvalue weighted by Crippen LogP contribution is 2.32. The van der Waals surface area contributed by atoms with Crippen molar-refractivity contribution in [1.82, 2.24) is 0 Å². The molecule has 4 N–H and O–H groups in total. The lowest BCUT2D eigenvalue weighted by molar-refractivity contribution is 0.262. The number of carbonyl (C=O) groups excluding carboxylic acids is 1. The van der Waals surface area contributed by atoms with Crippen LogP contribution in [0.15, 0.2) is 162 Å². The summed E-state index contributed by atoms with van der Waals surface area (Å²) in [5.74, 6) is 0.640. The zero-order chi connectivity index (χ0) is 50.1. The van der Waals surface area contributed by atoms with E-state index in [1.54, 1.807) is 84.9 Å². The zero-order valence-electron chi connectivity index (χ0n) is 38.9. The van der Waals surface area contributed by atoms with Crippen LogP contribution in [0.4, 0.5) is 61.7 Å². The predicted molar refractivity (Wildman–Crippen MR) is 269 cm³/mol. The Morgan fingerprint density at radius 3 is 1.07 bits per heavy atom. The highest BCUT2D eigenvalue weighted by molar-refractivity contribution is 7.86. The molecule has 2 amide bonds. The molecule has 0 saturated heterocycles. The minimum absolute atomic E-state index is 0.292. The molecular weight excluding hydrogens is 937 g/mol. The van der Waals surface area contributed by atoms with Crippen LogP contribution in [0, 0.1) is 27.7 Å². The van der Waals surface area contributed by atoms with Crippen molar-refractivity contribution in [3.05, 3.63) is 144 Å². The number of ether oxygens (including phenoxy) is 2. The number of nitrogens with one attached hydrogen (secondary N) is 2. The first kappa shape index (κ1) is 51.8. The van der Waals surface area contributed by atoms with Crippen molar-refractivity contribution in [3.63, 3.8) is 0 Å². The van der Waals surface area contributed by atoms with Gasteiger partial charge in [0.2, 0.25) is 0 Å². The Labute approximate surface area is 406 Å². The van der Waals surface area contributed by atoms with Gasteiger partial charge in [0.05, 0.1) is 70.2 Å². The average molecular weight is 989 g/mol. The summed E-state index contributed by atoms with van der Waals surface area (Å²) in [6.07, 6.45) is 1.59. The lowest BCUT2D eigenvalue weighted by atomic mass is 10.2. The van der Waals surface area contributed by atoms with Crippen molar-refractivity contribution >= 4 is 83.1 Å². The van der Waals surface area contributed by atoms with Gasteiger partial charge in [0.1, 0.15) is 11.5 Å². The van der Waals surface area contributed by atoms with E-state index < -0.39 is 26.3 Å². The van der Waals surface area contributed by atoms with Gasteiger partial charge in [-0.2, -0.15) is 57.7 Å². The summed E-state index contributed by atoms with van der Waals surface area (Å²) in [5, 5.41) is 40.7. The van der Waals surface area contributed by atoms with Gasteiger partial charge in [-0.05, 0) is 197 Å². The second-order valence-electron chi connectivity index (χ2n) is 16.0. The van der Waals surface area contributed by atoms with Gasteiger partial charge in [-0.15, -0.1) is 0 Å². The van der Waals surface area contributed by atoms with E-state index in [1.807, 2.05) is 64.1 Å². The van der Waals surface area contributed by atoms with Gasteiger partial charge in [0.25, 0.3) is 20.2 Å². The Bertz CT molecular complexity index is 2920. The van der Waals surface area contributed by atoms with Crippen LogP contribution in [-0.2, 0) is 20.2 Å². The van der Waals surface area contributed by atoms with E-state index in [4.69, 9.17) is 18.6 Å². The molecule has 0 atom stereocenters. The molecule has 6 aromatic carbocycles. The summed E-state index contributed by atoms with van der Waals surface area (Å²) >= 11 is 0. The fourth-order valence-corrected chi connectivity index (χ4v) is 7.57. The van der Waals surface area contributed by atoms with Crippen LogP contribution in [0.3, 0.4) is 0 Å². The number of rotatable bonds is 22. The van der Waals surface area contributed by atoms with Crippen LogP contribution >= 0.6 is 0 Å². The summed E-state index contributed by atoms with van der Waals surface area (Å²) in [6.45, 7) is 8.20. The van der Waals surface area contributed by atoms with Gasteiger partial charge in [-0.3, -0.25) is 9.11 Å². The molecule has 0 aliphatic rings. The Morgan fingerprint density at radius 1 is 0.429 bits per heavy atom. The van der Waals surface area contributed by atoms with Crippen LogP contribution in [0.2, 0.25) is 0 Å². The van der Waals surface area contributed by atoms with Gasteiger partial charge in [-0.25, -0.2) is 4.79 Å². The minimum atomic E-state index is -3.97. The van der Waals surface area contributed by atoms with E-state index in [0.717, 1.165) is 22.3 Å². The lowest BCUT2D eigenvalue weighted by Crippen LogP contribution is -2.19. The summed E-state index contributed by atoms with van der Waals surface area (Å²) in [4.78, 5) is 13.0. The van der Waals surface area contributed by atoms with Crippen molar-refractivity contribution in [3.8, 4) is 11.5 Å². The Balaban J connectivity index is 0.943. The van der Waals surface area contributed by atoms with E-state index in [2.05, 4.69) is 51.5 Å². The van der Waals surface area contributed by atoms with Crippen molar-refractivity contribution in [2.75, 3.05) is 35.4 Å². The number of benzene rings is 6. The molecule has 364 valence electrons. The monoisotopic (exact) mass is 988 g/mol. The minimum Gasteiger partial charge on any atom is -0.494 e. The molecule has 0 aromatic heterocycles. The molecule has 0 aliphatic heterocycles. The molecule has 0 fully saturated rings. The third kappa shape index (κ3) is 17.5. The fourth-order valence-electron chi connectivity index (χ4n) is 6.43. The summed E-state index contributed by atoms with van der Waals surface area (Å²) < 4.78 is 72.2. The van der Waals surface area contributed by atoms with E-state index >= 15 is 0 Å². The highest BCUT2D eigenvalue weighted by atomic mass is 32.2. The Morgan fingerprint density at radius 2 is 0.743 bits per heavy atom. The number of aryl methyl sites for hydroxylation is 4. The standard InChI is InChI=1S/C49H52N10O9S2/c1-33-29-39(13-21-45(33)58-54-41-15-23-47(35(3)31-41)56-52-37-9-17-43(18-10-37)67-25-5-7-27-69(61,62)63)50-49(60)51-40-14-22-46(34(2)30-40)59-55-42-16-24-48(36(4)32-42)57-53-38-11-19-44(20-12-38)68-26-6-8-28-70(64,65)66/h9-24,29-32H,5-8,25-28H2,1-4H3,(H2,50,51,60)(H,61,62,63)(H,64,65,66). The third-order valence-corrected chi connectivity index (χ3v) is 11.8. The van der Waals surface area contributed by atoms with Crippen LogP contribution in [0.25, 0.3) is 0 Å². The number of unbranched alkanes of at least 4 members (excludes halogenated alkanes) is 2. The first-order valence-corrected chi connectivity index (χ1v) is 25.2. The average Bonchev–Trinajstić information content (AvgIpc) is 3.30. The largest absolute Gasteiger partial charge is 0.494 e. The maximum Gasteiger partial charge on any atom is 0.323 e. The number of carbonyl (C=O) groups is 1.